The van der Waals surface area contributed by atoms with E-state index in [4.69, 9.17) is 9.47 Å². The van der Waals surface area contributed by atoms with Crippen LogP contribution in [0, 0.1) is 0 Å². The Morgan fingerprint density at radius 1 is 1.07 bits per heavy atom. The number of hydrogen-bond donors (Lipinski definition) is 1. The molecular weight excluding hydrogens is 444 g/mol. The van der Waals surface area contributed by atoms with Crippen LogP contribution in [0.15, 0.2) is 71.5 Å². The second-order valence-electron chi connectivity index (χ2n) is 7.41. The zero-order valence-corrected chi connectivity index (χ0v) is 18.3. The molecule has 0 bridgehead atoms. The standard InChI is InChI=1S/C24H23BrN2O3/c1-29-21-8-7-20(15-22(21)30-16-17-9-13-26-14-10-17)27-23(28)24(11-2-12-24)18-3-5-19(25)6-4-18/h3-10,13-15H,2,11-12,16H2,1H3,(H,27,28). The first-order chi connectivity index (χ1) is 14.6. The summed E-state index contributed by atoms with van der Waals surface area (Å²) in [5.41, 5.74) is 2.27. The molecule has 1 fully saturated rings. The van der Waals surface area contributed by atoms with Crippen LogP contribution in [-0.4, -0.2) is 18.0 Å². The van der Waals surface area contributed by atoms with Crippen LogP contribution >= 0.6 is 15.9 Å². The number of amides is 1. The van der Waals surface area contributed by atoms with Crippen molar-refractivity contribution in [3.8, 4) is 11.5 Å². The van der Waals surface area contributed by atoms with E-state index in [0.29, 0.717) is 23.8 Å². The normalized spacial score (nSPS) is 14.5. The van der Waals surface area contributed by atoms with Crippen LogP contribution in [0.25, 0.3) is 0 Å². The molecule has 2 aromatic carbocycles. The molecule has 5 nitrogen and oxygen atoms in total. The first-order valence-electron chi connectivity index (χ1n) is 9.88. The number of carbonyl (C=O) groups is 1. The molecule has 0 atom stereocenters. The number of nitrogens with zero attached hydrogens (tertiary/aromatic N) is 1. The minimum atomic E-state index is -0.474. The summed E-state index contributed by atoms with van der Waals surface area (Å²) in [6.07, 6.45) is 6.20. The second-order valence-corrected chi connectivity index (χ2v) is 8.32. The SMILES string of the molecule is COc1ccc(NC(=O)C2(c3ccc(Br)cc3)CCC2)cc1OCc1ccncc1. The van der Waals surface area contributed by atoms with Gasteiger partial charge in [-0.3, -0.25) is 9.78 Å². The van der Waals surface area contributed by atoms with Crippen LogP contribution in [0.4, 0.5) is 5.69 Å². The maximum atomic E-state index is 13.2. The summed E-state index contributed by atoms with van der Waals surface area (Å²) in [5.74, 6) is 1.22. The van der Waals surface area contributed by atoms with Crippen LogP contribution in [0.3, 0.4) is 0 Å². The molecule has 1 saturated carbocycles. The van der Waals surface area contributed by atoms with Gasteiger partial charge in [-0.15, -0.1) is 0 Å². The number of carbonyl (C=O) groups excluding carboxylic acids is 1. The molecule has 3 aromatic rings. The number of hydrogen-bond acceptors (Lipinski definition) is 4. The summed E-state index contributed by atoms with van der Waals surface area (Å²) in [6.45, 7) is 0.388. The van der Waals surface area contributed by atoms with Crippen LogP contribution < -0.4 is 14.8 Å². The first kappa shape index (κ1) is 20.4. The molecule has 30 heavy (non-hydrogen) atoms. The lowest BCUT2D eigenvalue weighted by atomic mass is 9.64. The van der Waals surface area contributed by atoms with E-state index in [-0.39, 0.29) is 5.91 Å². The predicted octanol–water partition coefficient (Wildman–Crippen LogP) is 5.49. The van der Waals surface area contributed by atoms with Crippen LogP contribution in [0.5, 0.6) is 11.5 Å². The highest BCUT2D eigenvalue weighted by Gasteiger charge is 2.45. The van der Waals surface area contributed by atoms with Crippen LogP contribution in [0.1, 0.15) is 30.4 Å². The number of anilines is 1. The molecule has 1 N–H and O–H groups in total. The number of halogens is 1. The topological polar surface area (TPSA) is 60.5 Å². The Bertz CT molecular complexity index is 1020. The maximum absolute atomic E-state index is 13.2. The third kappa shape index (κ3) is 4.19. The van der Waals surface area contributed by atoms with Crippen molar-refractivity contribution in [2.45, 2.75) is 31.3 Å². The van der Waals surface area contributed by atoms with Crippen molar-refractivity contribution in [1.29, 1.82) is 0 Å². The summed E-state index contributed by atoms with van der Waals surface area (Å²) in [4.78, 5) is 17.3. The molecule has 1 amide bonds. The van der Waals surface area contributed by atoms with E-state index in [2.05, 4.69) is 26.2 Å². The lowest BCUT2D eigenvalue weighted by Crippen LogP contribution is -2.46. The number of ether oxygens (including phenoxy) is 2. The molecule has 154 valence electrons. The van der Waals surface area contributed by atoms with Gasteiger partial charge < -0.3 is 14.8 Å². The number of aromatic nitrogens is 1. The molecule has 0 saturated heterocycles. The Morgan fingerprint density at radius 3 is 2.43 bits per heavy atom. The van der Waals surface area contributed by atoms with Crippen molar-refractivity contribution in [2.24, 2.45) is 0 Å². The van der Waals surface area contributed by atoms with E-state index in [1.807, 2.05) is 54.6 Å². The van der Waals surface area contributed by atoms with Gasteiger partial charge in [0.2, 0.25) is 5.91 Å². The molecule has 1 aromatic heterocycles. The second kappa shape index (κ2) is 8.88. The van der Waals surface area contributed by atoms with E-state index in [0.717, 1.165) is 34.9 Å². The van der Waals surface area contributed by atoms with Crippen molar-refractivity contribution in [3.05, 3.63) is 82.6 Å². The molecule has 1 aliphatic carbocycles. The van der Waals surface area contributed by atoms with Crippen molar-refractivity contribution in [2.75, 3.05) is 12.4 Å². The smallest absolute Gasteiger partial charge is 0.235 e. The highest BCUT2D eigenvalue weighted by molar-refractivity contribution is 9.10. The van der Waals surface area contributed by atoms with Crippen LogP contribution in [0.2, 0.25) is 0 Å². The van der Waals surface area contributed by atoms with Gasteiger partial charge in [-0.05, 0) is 60.4 Å². The van der Waals surface area contributed by atoms with E-state index in [9.17, 15) is 4.79 Å². The minimum absolute atomic E-state index is 0.0151. The first-order valence-corrected chi connectivity index (χ1v) is 10.7. The van der Waals surface area contributed by atoms with Crippen molar-refractivity contribution < 1.29 is 14.3 Å². The molecule has 1 aliphatic rings. The zero-order valence-electron chi connectivity index (χ0n) is 16.7. The Hall–Kier alpha value is -2.86. The summed E-state index contributed by atoms with van der Waals surface area (Å²) >= 11 is 3.47. The Labute approximate surface area is 184 Å². The zero-order chi connectivity index (χ0) is 21.0. The number of pyridine rings is 1. The molecule has 0 radical (unpaired) electrons. The lowest BCUT2D eigenvalue weighted by Gasteiger charge is -2.40. The van der Waals surface area contributed by atoms with E-state index in [1.54, 1.807) is 19.5 Å². The number of rotatable bonds is 7. The monoisotopic (exact) mass is 466 g/mol. The average molecular weight is 467 g/mol. The van der Waals surface area contributed by atoms with Gasteiger partial charge in [0, 0.05) is 28.6 Å². The number of methoxy groups -OCH3 is 1. The molecule has 0 spiro atoms. The summed E-state index contributed by atoms with van der Waals surface area (Å²) in [7, 11) is 1.60. The van der Waals surface area contributed by atoms with Gasteiger partial charge in [0.15, 0.2) is 11.5 Å². The van der Waals surface area contributed by atoms with Crippen molar-refractivity contribution >= 4 is 27.5 Å². The Kier molecular flexibility index (Phi) is 6.04. The molecule has 6 heteroatoms. The van der Waals surface area contributed by atoms with Gasteiger partial charge in [0.25, 0.3) is 0 Å². The number of nitrogens with one attached hydrogen (secondary N) is 1. The fourth-order valence-corrected chi connectivity index (χ4v) is 3.97. The summed E-state index contributed by atoms with van der Waals surface area (Å²) in [5, 5.41) is 3.09. The van der Waals surface area contributed by atoms with E-state index < -0.39 is 5.41 Å². The minimum Gasteiger partial charge on any atom is -0.493 e. The van der Waals surface area contributed by atoms with Crippen molar-refractivity contribution in [1.82, 2.24) is 4.98 Å². The Morgan fingerprint density at radius 2 is 1.80 bits per heavy atom. The van der Waals surface area contributed by atoms with Gasteiger partial charge >= 0.3 is 0 Å². The highest BCUT2D eigenvalue weighted by atomic mass is 79.9. The van der Waals surface area contributed by atoms with E-state index in [1.165, 1.54) is 0 Å². The number of benzene rings is 2. The Balaban J connectivity index is 1.52. The highest BCUT2D eigenvalue weighted by Crippen LogP contribution is 2.45. The quantitative estimate of drug-likeness (QED) is 0.499. The summed E-state index contributed by atoms with van der Waals surface area (Å²) in [6, 6.07) is 17.3. The van der Waals surface area contributed by atoms with Gasteiger partial charge in [-0.1, -0.05) is 34.5 Å². The van der Waals surface area contributed by atoms with Crippen LogP contribution in [-0.2, 0) is 16.8 Å². The third-order valence-electron chi connectivity index (χ3n) is 5.60. The lowest BCUT2D eigenvalue weighted by molar-refractivity contribution is -0.124. The summed E-state index contributed by atoms with van der Waals surface area (Å²) < 4.78 is 12.4. The van der Waals surface area contributed by atoms with Gasteiger partial charge in [0.05, 0.1) is 12.5 Å². The maximum Gasteiger partial charge on any atom is 0.235 e. The molecule has 0 aliphatic heterocycles. The fourth-order valence-electron chi connectivity index (χ4n) is 3.70. The molecule has 1 heterocycles. The largest absolute Gasteiger partial charge is 0.493 e. The van der Waals surface area contributed by atoms with E-state index >= 15 is 0 Å². The molecule has 0 unspecified atom stereocenters. The van der Waals surface area contributed by atoms with Gasteiger partial charge in [-0.2, -0.15) is 0 Å². The van der Waals surface area contributed by atoms with Gasteiger partial charge in [0.1, 0.15) is 6.61 Å². The predicted molar refractivity (Wildman–Crippen MR) is 120 cm³/mol. The van der Waals surface area contributed by atoms with Gasteiger partial charge in [-0.25, -0.2) is 0 Å². The average Bonchev–Trinajstić information content (AvgIpc) is 2.74. The fraction of sp³-hybridized carbons (Fsp3) is 0.250. The molecular formula is C24H23BrN2O3. The van der Waals surface area contributed by atoms with Crippen molar-refractivity contribution in [3.63, 3.8) is 0 Å². The molecule has 4 rings (SSSR count). The third-order valence-corrected chi connectivity index (χ3v) is 6.13.